The third kappa shape index (κ3) is 5.96. The minimum absolute atomic E-state index is 0.0111. The average molecular weight is 370 g/mol. The zero-order valence-electron chi connectivity index (χ0n) is 14.5. The smallest absolute Gasteiger partial charge is 0.347 e. The second-order valence-corrected chi connectivity index (χ2v) is 5.60. The van der Waals surface area contributed by atoms with E-state index in [1.54, 1.807) is 36.4 Å². The van der Waals surface area contributed by atoms with Crippen LogP contribution in [-0.4, -0.2) is 42.0 Å². The van der Waals surface area contributed by atoms with Gasteiger partial charge in [-0.3, -0.25) is 9.59 Å². The molecular formula is C19H18N2O6. The Balaban J connectivity index is 1.92. The number of carbonyl (C=O) groups excluding carboxylic acids is 3. The molecule has 3 N–H and O–H groups in total. The van der Waals surface area contributed by atoms with Crippen LogP contribution in [-0.2, 0) is 14.3 Å². The standard InChI is InChI=1S/C19H18N2O6/c1-12-6-8-13(9-7-12)18(25)21-11-17(24)27-19(26)14-4-2-3-5-15(14)20-10-16(22)23/h2-9,20H,10-11H2,1H3,(H,21,25)(H,22,23). The number of esters is 2. The lowest BCUT2D eigenvalue weighted by Crippen LogP contribution is -2.31. The van der Waals surface area contributed by atoms with E-state index in [0.717, 1.165) is 5.56 Å². The lowest BCUT2D eigenvalue weighted by atomic mass is 10.1. The number of carboxylic acids is 1. The number of nitrogens with one attached hydrogen (secondary N) is 2. The fourth-order valence-corrected chi connectivity index (χ4v) is 2.14. The Kier molecular flexibility index (Phi) is 6.65. The van der Waals surface area contributed by atoms with E-state index >= 15 is 0 Å². The van der Waals surface area contributed by atoms with Crippen molar-refractivity contribution >= 4 is 29.5 Å². The van der Waals surface area contributed by atoms with Crippen LogP contribution in [0.1, 0.15) is 26.3 Å². The number of carbonyl (C=O) groups is 4. The highest BCUT2D eigenvalue weighted by molar-refractivity contribution is 6.02. The fraction of sp³-hybridized carbons (Fsp3) is 0.158. The van der Waals surface area contributed by atoms with Gasteiger partial charge < -0.3 is 20.5 Å². The molecule has 0 bridgehead atoms. The van der Waals surface area contributed by atoms with E-state index in [2.05, 4.69) is 10.6 Å². The lowest BCUT2D eigenvalue weighted by Gasteiger charge is -2.10. The number of ether oxygens (including phenoxy) is 1. The number of rotatable bonds is 7. The first kappa shape index (κ1) is 19.6. The minimum atomic E-state index is -1.10. The van der Waals surface area contributed by atoms with Gasteiger partial charge in [0.15, 0.2) is 0 Å². The number of para-hydroxylation sites is 1. The number of amides is 1. The monoisotopic (exact) mass is 370 g/mol. The summed E-state index contributed by atoms with van der Waals surface area (Å²) >= 11 is 0. The summed E-state index contributed by atoms with van der Waals surface area (Å²) in [5, 5.41) is 13.6. The van der Waals surface area contributed by atoms with Crippen LogP contribution in [0.3, 0.4) is 0 Å². The molecule has 2 rings (SSSR count). The molecule has 0 saturated carbocycles. The molecule has 8 heteroatoms. The van der Waals surface area contributed by atoms with Crippen LogP contribution in [0.4, 0.5) is 5.69 Å². The molecule has 27 heavy (non-hydrogen) atoms. The molecule has 0 spiro atoms. The molecule has 0 fully saturated rings. The van der Waals surface area contributed by atoms with E-state index in [-0.39, 0.29) is 11.3 Å². The van der Waals surface area contributed by atoms with Gasteiger partial charge in [-0.2, -0.15) is 0 Å². The maximum atomic E-state index is 12.1. The molecule has 2 aromatic rings. The van der Waals surface area contributed by atoms with Crippen molar-refractivity contribution in [2.45, 2.75) is 6.92 Å². The highest BCUT2D eigenvalue weighted by Gasteiger charge is 2.17. The molecular weight excluding hydrogens is 352 g/mol. The second kappa shape index (κ2) is 9.14. The number of carboxylic acid groups (broad SMARTS) is 1. The van der Waals surface area contributed by atoms with Gasteiger partial charge in [-0.1, -0.05) is 29.8 Å². The third-order valence-electron chi connectivity index (χ3n) is 3.49. The summed E-state index contributed by atoms with van der Waals surface area (Å²) in [5.74, 6) is -3.46. The number of hydrogen-bond acceptors (Lipinski definition) is 6. The summed E-state index contributed by atoms with van der Waals surface area (Å²) in [6.45, 7) is 1.00. The Bertz CT molecular complexity index is 861. The van der Waals surface area contributed by atoms with Crippen molar-refractivity contribution in [3.8, 4) is 0 Å². The van der Waals surface area contributed by atoms with Crippen LogP contribution in [0.15, 0.2) is 48.5 Å². The van der Waals surface area contributed by atoms with Gasteiger partial charge in [-0.15, -0.1) is 0 Å². The molecule has 0 atom stereocenters. The molecule has 0 aliphatic heterocycles. The molecule has 0 aliphatic carbocycles. The van der Waals surface area contributed by atoms with E-state index in [0.29, 0.717) is 5.56 Å². The van der Waals surface area contributed by atoms with Crippen molar-refractivity contribution in [1.29, 1.82) is 0 Å². The Morgan fingerprint density at radius 1 is 0.963 bits per heavy atom. The molecule has 0 aromatic heterocycles. The van der Waals surface area contributed by atoms with E-state index in [9.17, 15) is 19.2 Å². The normalized spacial score (nSPS) is 9.96. The summed E-state index contributed by atoms with van der Waals surface area (Å²) in [6.07, 6.45) is 0. The topological polar surface area (TPSA) is 122 Å². The van der Waals surface area contributed by atoms with Crippen LogP contribution in [0.25, 0.3) is 0 Å². The number of aryl methyl sites for hydroxylation is 1. The summed E-state index contributed by atoms with van der Waals surface area (Å²) in [5.41, 5.74) is 1.60. The quantitative estimate of drug-likeness (QED) is 0.500. The number of benzene rings is 2. The van der Waals surface area contributed by atoms with E-state index < -0.39 is 36.9 Å². The van der Waals surface area contributed by atoms with Crippen LogP contribution >= 0.6 is 0 Å². The maximum Gasteiger partial charge on any atom is 0.347 e. The first-order valence-corrected chi connectivity index (χ1v) is 8.01. The van der Waals surface area contributed by atoms with Crippen molar-refractivity contribution in [2.24, 2.45) is 0 Å². The van der Waals surface area contributed by atoms with Crippen molar-refractivity contribution in [3.05, 3.63) is 65.2 Å². The van der Waals surface area contributed by atoms with Gasteiger partial charge in [0.2, 0.25) is 0 Å². The highest BCUT2D eigenvalue weighted by Crippen LogP contribution is 2.16. The van der Waals surface area contributed by atoms with Gasteiger partial charge in [0, 0.05) is 11.3 Å². The van der Waals surface area contributed by atoms with Gasteiger partial charge in [-0.05, 0) is 31.2 Å². The summed E-state index contributed by atoms with van der Waals surface area (Å²) in [4.78, 5) is 46.5. The van der Waals surface area contributed by atoms with Crippen molar-refractivity contribution < 1.29 is 29.0 Å². The van der Waals surface area contributed by atoms with Gasteiger partial charge in [0.05, 0.1) is 5.56 Å². The van der Waals surface area contributed by atoms with Gasteiger partial charge in [-0.25, -0.2) is 9.59 Å². The minimum Gasteiger partial charge on any atom is -0.480 e. The van der Waals surface area contributed by atoms with E-state index in [1.807, 2.05) is 6.92 Å². The average Bonchev–Trinajstić information content (AvgIpc) is 2.65. The molecule has 0 saturated heterocycles. The van der Waals surface area contributed by atoms with E-state index in [4.69, 9.17) is 9.84 Å². The number of anilines is 1. The molecule has 0 aliphatic rings. The highest BCUT2D eigenvalue weighted by atomic mass is 16.6. The Morgan fingerprint density at radius 3 is 2.30 bits per heavy atom. The van der Waals surface area contributed by atoms with Gasteiger partial charge >= 0.3 is 17.9 Å². The SMILES string of the molecule is Cc1ccc(C(=O)NCC(=O)OC(=O)c2ccccc2NCC(=O)O)cc1. The molecule has 0 heterocycles. The molecule has 1 amide bonds. The third-order valence-corrected chi connectivity index (χ3v) is 3.49. The molecule has 0 unspecified atom stereocenters. The largest absolute Gasteiger partial charge is 0.480 e. The number of hydrogen-bond donors (Lipinski definition) is 3. The first-order valence-electron chi connectivity index (χ1n) is 8.01. The molecule has 140 valence electrons. The Morgan fingerprint density at radius 2 is 1.63 bits per heavy atom. The lowest BCUT2D eigenvalue weighted by molar-refractivity contribution is -0.137. The molecule has 2 aromatic carbocycles. The predicted octanol–water partition coefficient (Wildman–Crippen LogP) is 1.60. The van der Waals surface area contributed by atoms with Crippen molar-refractivity contribution in [1.82, 2.24) is 5.32 Å². The molecule has 8 nitrogen and oxygen atoms in total. The Labute approximate surface area is 155 Å². The molecule has 0 radical (unpaired) electrons. The van der Waals surface area contributed by atoms with E-state index in [1.165, 1.54) is 12.1 Å². The zero-order chi connectivity index (χ0) is 19.8. The summed E-state index contributed by atoms with van der Waals surface area (Å²) in [7, 11) is 0. The summed E-state index contributed by atoms with van der Waals surface area (Å²) in [6, 6.07) is 12.8. The number of aliphatic carboxylic acids is 1. The maximum absolute atomic E-state index is 12.1. The second-order valence-electron chi connectivity index (χ2n) is 5.60. The zero-order valence-corrected chi connectivity index (χ0v) is 14.5. The van der Waals surface area contributed by atoms with Crippen LogP contribution in [0.5, 0.6) is 0 Å². The van der Waals surface area contributed by atoms with Crippen LogP contribution < -0.4 is 10.6 Å². The van der Waals surface area contributed by atoms with Crippen LogP contribution in [0.2, 0.25) is 0 Å². The van der Waals surface area contributed by atoms with Crippen molar-refractivity contribution in [2.75, 3.05) is 18.4 Å². The summed E-state index contributed by atoms with van der Waals surface area (Å²) < 4.78 is 4.71. The van der Waals surface area contributed by atoms with Gasteiger partial charge in [0.1, 0.15) is 13.1 Å². The van der Waals surface area contributed by atoms with Crippen LogP contribution in [0, 0.1) is 6.92 Å². The fourth-order valence-electron chi connectivity index (χ4n) is 2.14. The Hall–Kier alpha value is -3.68. The predicted molar refractivity (Wildman–Crippen MR) is 96.5 cm³/mol. The first-order chi connectivity index (χ1) is 12.9. The van der Waals surface area contributed by atoms with Gasteiger partial charge in [0.25, 0.3) is 5.91 Å². The van der Waals surface area contributed by atoms with Crippen molar-refractivity contribution in [3.63, 3.8) is 0 Å².